The van der Waals surface area contributed by atoms with Crippen LogP contribution in [0.5, 0.6) is 0 Å². The Bertz CT molecular complexity index is 698. The van der Waals surface area contributed by atoms with Gasteiger partial charge in [-0.1, -0.05) is 62.1 Å². The fourth-order valence-electron chi connectivity index (χ4n) is 1.89. The molecule has 0 rings (SSSR count). The van der Waals surface area contributed by atoms with Gasteiger partial charge in [0.2, 0.25) is 0 Å². The highest BCUT2D eigenvalue weighted by atomic mass is 16.5. The van der Waals surface area contributed by atoms with Crippen molar-refractivity contribution in [1.82, 2.24) is 0 Å². The lowest BCUT2D eigenvalue weighted by atomic mass is 10.1. The lowest BCUT2D eigenvalue weighted by Crippen LogP contribution is -2.03. The summed E-state index contributed by atoms with van der Waals surface area (Å²) in [4.78, 5) is 8.84. The van der Waals surface area contributed by atoms with E-state index in [-0.39, 0.29) is 11.7 Å². The SMILES string of the molecule is C=C/C=C\N=C(C)C(C)\C=C/C(/C=N/C(CC=C/C=C\C)=C(/C)O)=C\COC. The number of ether oxygens (including phenoxy) is 1. The Labute approximate surface area is 170 Å². The number of allylic oxidation sites excluding steroid dienone is 10. The first-order valence-corrected chi connectivity index (χ1v) is 9.36. The minimum Gasteiger partial charge on any atom is -0.511 e. The molecule has 0 saturated heterocycles. The van der Waals surface area contributed by atoms with Gasteiger partial charge in [0.1, 0.15) is 5.76 Å². The van der Waals surface area contributed by atoms with Crippen molar-refractivity contribution in [1.29, 1.82) is 0 Å². The van der Waals surface area contributed by atoms with Crippen molar-refractivity contribution < 1.29 is 9.84 Å². The van der Waals surface area contributed by atoms with E-state index < -0.39 is 0 Å². The molecule has 152 valence electrons. The summed E-state index contributed by atoms with van der Waals surface area (Å²) in [7, 11) is 1.65. The van der Waals surface area contributed by atoms with Crippen molar-refractivity contribution >= 4 is 11.9 Å². The number of hydrogen-bond acceptors (Lipinski definition) is 4. The van der Waals surface area contributed by atoms with Crippen LogP contribution in [0.3, 0.4) is 0 Å². The van der Waals surface area contributed by atoms with E-state index in [0.717, 1.165) is 11.3 Å². The molecule has 0 aliphatic heterocycles. The highest BCUT2D eigenvalue weighted by Gasteiger charge is 2.01. The molecule has 0 heterocycles. The van der Waals surface area contributed by atoms with Gasteiger partial charge in [0, 0.05) is 37.6 Å². The van der Waals surface area contributed by atoms with E-state index in [1.54, 1.807) is 38.6 Å². The quantitative estimate of drug-likeness (QED) is 0.245. The third-order valence-corrected chi connectivity index (χ3v) is 3.76. The van der Waals surface area contributed by atoms with Crippen molar-refractivity contribution in [2.24, 2.45) is 15.9 Å². The van der Waals surface area contributed by atoms with Crippen LogP contribution in [0.1, 0.15) is 34.1 Å². The predicted molar refractivity (Wildman–Crippen MR) is 123 cm³/mol. The summed E-state index contributed by atoms with van der Waals surface area (Å²) in [6.07, 6.45) is 21.3. The van der Waals surface area contributed by atoms with Crippen molar-refractivity contribution in [3.8, 4) is 0 Å². The fraction of sp³-hybridized carbons (Fsp3) is 0.333. The average Bonchev–Trinajstić information content (AvgIpc) is 2.68. The molecule has 4 nitrogen and oxygen atoms in total. The topological polar surface area (TPSA) is 54.2 Å². The molecule has 0 spiro atoms. The minimum absolute atomic E-state index is 0.173. The zero-order valence-electron chi connectivity index (χ0n) is 17.8. The molecule has 1 N–H and O–H groups in total. The maximum Gasteiger partial charge on any atom is 0.111 e. The standard InChI is InChI=1S/C24H34N2O2/c1-7-9-11-12-13-24(22(5)27)26-19-23(16-18-28-6)15-14-20(3)21(4)25-17-10-8-2/h7-12,14-17,19-20,27H,2,13,18H2,1,3-6H3/b9-7-,12-11?,15-14-,17-10-,23-16+,24-22-,25-21?,26-19+. The summed E-state index contributed by atoms with van der Waals surface area (Å²) in [5.41, 5.74) is 2.52. The first kappa shape index (κ1) is 25.3. The molecule has 1 unspecified atom stereocenters. The molecule has 0 aromatic heterocycles. The summed E-state index contributed by atoms with van der Waals surface area (Å²) in [5, 5.41) is 9.87. The largest absolute Gasteiger partial charge is 0.511 e. The van der Waals surface area contributed by atoms with E-state index in [9.17, 15) is 5.11 Å². The fourth-order valence-corrected chi connectivity index (χ4v) is 1.89. The Kier molecular flexibility index (Phi) is 14.9. The van der Waals surface area contributed by atoms with Crippen LogP contribution in [-0.4, -0.2) is 30.7 Å². The van der Waals surface area contributed by atoms with E-state index in [4.69, 9.17) is 4.74 Å². The molecule has 0 bridgehead atoms. The number of hydrogen-bond donors (Lipinski definition) is 1. The van der Waals surface area contributed by atoms with E-state index >= 15 is 0 Å². The van der Waals surface area contributed by atoms with E-state index in [1.807, 2.05) is 50.3 Å². The van der Waals surface area contributed by atoms with E-state index in [0.29, 0.717) is 18.7 Å². The van der Waals surface area contributed by atoms with Crippen LogP contribution in [0.2, 0.25) is 0 Å². The lowest BCUT2D eigenvalue weighted by molar-refractivity contribution is 0.233. The Hall–Kier alpha value is -2.72. The van der Waals surface area contributed by atoms with Gasteiger partial charge in [0.05, 0.1) is 12.3 Å². The maximum absolute atomic E-state index is 9.87. The number of aliphatic hydroxyl groups is 1. The second-order valence-corrected chi connectivity index (χ2v) is 6.10. The van der Waals surface area contributed by atoms with Crippen LogP contribution >= 0.6 is 0 Å². The summed E-state index contributed by atoms with van der Waals surface area (Å²) in [6, 6.07) is 0. The van der Waals surface area contributed by atoms with Crippen molar-refractivity contribution in [3.05, 3.63) is 84.5 Å². The number of nitrogens with zero attached hydrogens (tertiary/aromatic N) is 2. The Morgan fingerprint density at radius 3 is 2.57 bits per heavy atom. The van der Waals surface area contributed by atoms with Gasteiger partial charge in [-0.3, -0.25) is 9.98 Å². The third-order valence-electron chi connectivity index (χ3n) is 3.76. The molecule has 1 atom stereocenters. The molecule has 0 aliphatic carbocycles. The molecule has 0 fully saturated rings. The predicted octanol–water partition coefficient (Wildman–Crippen LogP) is 6.29. The molecular formula is C24H34N2O2. The van der Waals surface area contributed by atoms with Gasteiger partial charge in [0.25, 0.3) is 0 Å². The minimum atomic E-state index is 0.173. The molecular weight excluding hydrogens is 348 g/mol. The second-order valence-electron chi connectivity index (χ2n) is 6.10. The second kappa shape index (κ2) is 16.5. The molecule has 0 aromatic rings. The lowest BCUT2D eigenvalue weighted by Gasteiger charge is -2.05. The monoisotopic (exact) mass is 382 g/mol. The van der Waals surface area contributed by atoms with Crippen LogP contribution < -0.4 is 0 Å². The zero-order chi connectivity index (χ0) is 21.2. The summed E-state index contributed by atoms with van der Waals surface area (Å²) >= 11 is 0. The van der Waals surface area contributed by atoms with Crippen LogP contribution in [0.15, 0.2) is 94.5 Å². The average molecular weight is 383 g/mol. The van der Waals surface area contributed by atoms with Gasteiger partial charge in [-0.25, -0.2) is 0 Å². The number of aliphatic imine (C=N–C) groups is 2. The van der Waals surface area contributed by atoms with E-state index in [2.05, 4.69) is 29.6 Å². The Morgan fingerprint density at radius 1 is 1.21 bits per heavy atom. The smallest absolute Gasteiger partial charge is 0.111 e. The molecule has 0 radical (unpaired) electrons. The Balaban J connectivity index is 5.33. The first-order valence-electron chi connectivity index (χ1n) is 9.36. The highest BCUT2D eigenvalue weighted by Crippen LogP contribution is 2.11. The number of rotatable bonds is 12. The van der Waals surface area contributed by atoms with Crippen LogP contribution in [0, 0.1) is 5.92 Å². The molecule has 0 aromatic carbocycles. The van der Waals surface area contributed by atoms with Gasteiger partial charge >= 0.3 is 0 Å². The Morgan fingerprint density at radius 2 is 1.96 bits per heavy atom. The molecule has 0 amide bonds. The van der Waals surface area contributed by atoms with Gasteiger partial charge in [0.15, 0.2) is 0 Å². The molecule has 0 aliphatic rings. The number of aliphatic hydroxyl groups excluding tert-OH is 1. The van der Waals surface area contributed by atoms with Gasteiger partial charge in [-0.2, -0.15) is 0 Å². The van der Waals surface area contributed by atoms with Gasteiger partial charge in [-0.05, 0) is 32.4 Å². The summed E-state index contributed by atoms with van der Waals surface area (Å²) in [6.45, 7) is 11.8. The van der Waals surface area contributed by atoms with Crippen molar-refractivity contribution in [3.63, 3.8) is 0 Å². The van der Waals surface area contributed by atoms with Crippen LogP contribution in [0.4, 0.5) is 0 Å². The van der Waals surface area contributed by atoms with Gasteiger partial charge < -0.3 is 9.84 Å². The zero-order valence-corrected chi connectivity index (χ0v) is 17.8. The van der Waals surface area contributed by atoms with Crippen molar-refractivity contribution in [2.45, 2.75) is 34.1 Å². The summed E-state index contributed by atoms with van der Waals surface area (Å²) < 4.78 is 5.14. The first-order chi connectivity index (χ1) is 13.5. The maximum atomic E-state index is 9.87. The number of methoxy groups -OCH3 is 1. The third kappa shape index (κ3) is 12.6. The van der Waals surface area contributed by atoms with E-state index in [1.165, 1.54) is 0 Å². The molecule has 0 saturated carbocycles. The molecule has 4 heteroatoms. The molecule has 28 heavy (non-hydrogen) atoms. The summed E-state index contributed by atoms with van der Waals surface area (Å²) in [5.74, 6) is 0.383. The van der Waals surface area contributed by atoms with Crippen LogP contribution in [-0.2, 0) is 4.74 Å². The van der Waals surface area contributed by atoms with Crippen molar-refractivity contribution in [2.75, 3.05) is 13.7 Å². The normalized spacial score (nSPS) is 16.2. The van der Waals surface area contributed by atoms with Gasteiger partial charge in [-0.15, -0.1) is 0 Å². The van der Waals surface area contributed by atoms with Crippen LogP contribution in [0.25, 0.3) is 0 Å². The highest BCUT2D eigenvalue weighted by molar-refractivity contribution is 5.87.